The molecule has 0 atom stereocenters. The van der Waals surface area contributed by atoms with Crippen molar-refractivity contribution in [2.75, 3.05) is 14.2 Å². The van der Waals surface area contributed by atoms with Crippen LogP contribution in [0.4, 0.5) is 0 Å². The van der Waals surface area contributed by atoms with Crippen molar-refractivity contribution in [1.29, 1.82) is 0 Å². The number of methoxy groups -OCH3 is 2. The third kappa shape index (κ3) is 3.90. The molecule has 0 amide bonds. The second-order valence-corrected chi connectivity index (χ2v) is 4.44. The zero-order valence-electron chi connectivity index (χ0n) is 12.1. The van der Waals surface area contributed by atoms with Gasteiger partial charge in [0.25, 0.3) is 0 Å². The Balaban J connectivity index is 2.15. The smallest absolute Gasteiger partial charge is 0.222 e. The van der Waals surface area contributed by atoms with Crippen LogP contribution in [0.1, 0.15) is 15.9 Å². The van der Waals surface area contributed by atoms with E-state index >= 15 is 0 Å². The van der Waals surface area contributed by atoms with E-state index in [-0.39, 0.29) is 5.78 Å². The van der Waals surface area contributed by atoms with Gasteiger partial charge in [-0.15, -0.1) is 0 Å². The van der Waals surface area contributed by atoms with Crippen LogP contribution in [-0.4, -0.2) is 26.3 Å². The van der Waals surface area contributed by atoms with Crippen LogP contribution in [-0.2, 0) is 16.1 Å². The Morgan fingerprint density at radius 2 is 1.57 bits per heavy atom. The standard InChI is InChI=1S/C17H18O4/c1-19-17(20-2)16(18)14-10-6-7-11-15(14)21-12-13-8-4-3-5-9-13/h3-11,17H,12H2,1-2H3. The SMILES string of the molecule is COC(OC)C(=O)c1ccccc1OCc1ccccc1. The van der Waals surface area contributed by atoms with E-state index in [2.05, 4.69) is 0 Å². The highest BCUT2D eigenvalue weighted by Crippen LogP contribution is 2.21. The molecule has 0 heterocycles. The van der Waals surface area contributed by atoms with Crippen molar-refractivity contribution in [3.63, 3.8) is 0 Å². The number of hydrogen-bond acceptors (Lipinski definition) is 4. The van der Waals surface area contributed by atoms with E-state index in [1.54, 1.807) is 18.2 Å². The summed E-state index contributed by atoms with van der Waals surface area (Å²) in [6.07, 6.45) is -0.925. The molecule has 0 radical (unpaired) electrons. The Morgan fingerprint density at radius 3 is 2.24 bits per heavy atom. The fourth-order valence-electron chi connectivity index (χ4n) is 1.97. The first-order valence-corrected chi connectivity index (χ1v) is 6.62. The van der Waals surface area contributed by atoms with Crippen LogP contribution in [0.25, 0.3) is 0 Å². The van der Waals surface area contributed by atoms with Crippen molar-refractivity contribution >= 4 is 5.78 Å². The molecule has 4 nitrogen and oxygen atoms in total. The van der Waals surface area contributed by atoms with E-state index in [4.69, 9.17) is 14.2 Å². The summed E-state index contributed by atoms with van der Waals surface area (Å²) < 4.78 is 15.8. The number of ether oxygens (including phenoxy) is 3. The number of Topliss-reactive ketones (excluding diaryl/α,β-unsaturated/α-hetero) is 1. The second-order valence-electron chi connectivity index (χ2n) is 4.44. The van der Waals surface area contributed by atoms with Crippen molar-refractivity contribution in [1.82, 2.24) is 0 Å². The average Bonchev–Trinajstić information content (AvgIpc) is 2.55. The lowest BCUT2D eigenvalue weighted by molar-refractivity contribution is -0.0743. The molecule has 0 N–H and O–H groups in total. The second kappa shape index (κ2) is 7.57. The maximum atomic E-state index is 12.3. The van der Waals surface area contributed by atoms with Crippen molar-refractivity contribution < 1.29 is 19.0 Å². The minimum absolute atomic E-state index is 0.260. The van der Waals surface area contributed by atoms with Crippen LogP contribution in [0.5, 0.6) is 5.75 Å². The molecule has 0 aliphatic carbocycles. The first-order chi connectivity index (χ1) is 10.3. The van der Waals surface area contributed by atoms with Crippen molar-refractivity contribution in [3.8, 4) is 5.75 Å². The van der Waals surface area contributed by atoms with Gasteiger partial charge in [0.15, 0.2) is 0 Å². The molecule has 0 saturated heterocycles. The minimum Gasteiger partial charge on any atom is -0.488 e. The number of benzene rings is 2. The van der Waals surface area contributed by atoms with Gasteiger partial charge in [-0.3, -0.25) is 4.79 Å². The molecule has 0 spiro atoms. The highest BCUT2D eigenvalue weighted by atomic mass is 16.7. The van der Waals surface area contributed by atoms with Crippen molar-refractivity contribution in [2.45, 2.75) is 12.9 Å². The van der Waals surface area contributed by atoms with Gasteiger partial charge in [0.05, 0.1) is 5.56 Å². The zero-order chi connectivity index (χ0) is 15.1. The van der Waals surface area contributed by atoms with Gasteiger partial charge in [-0.05, 0) is 17.7 Å². The quantitative estimate of drug-likeness (QED) is 0.579. The summed E-state index contributed by atoms with van der Waals surface area (Å²) in [5, 5.41) is 0. The summed E-state index contributed by atoms with van der Waals surface area (Å²) in [5.41, 5.74) is 1.48. The van der Waals surface area contributed by atoms with E-state index in [1.165, 1.54) is 14.2 Å². The molecule has 0 aliphatic rings. The predicted octanol–water partition coefficient (Wildman–Crippen LogP) is 3.07. The topological polar surface area (TPSA) is 44.8 Å². The molecule has 2 rings (SSSR count). The lowest BCUT2D eigenvalue weighted by Gasteiger charge is -2.15. The Labute approximate surface area is 124 Å². The molecular weight excluding hydrogens is 268 g/mol. The van der Waals surface area contributed by atoms with Gasteiger partial charge in [-0.1, -0.05) is 42.5 Å². The van der Waals surface area contributed by atoms with Gasteiger partial charge in [-0.25, -0.2) is 0 Å². The molecule has 2 aromatic carbocycles. The van der Waals surface area contributed by atoms with Crippen LogP contribution in [0.15, 0.2) is 54.6 Å². The molecule has 4 heteroatoms. The summed E-state index contributed by atoms with van der Waals surface area (Å²) in [6.45, 7) is 0.399. The molecule has 0 fully saturated rings. The van der Waals surface area contributed by atoms with Crippen LogP contribution in [0.2, 0.25) is 0 Å². The molecule has 0 unspecified atom stereocenters. The minimum atomic E-state index is -0.925. The van der Waals surface area contributed by atoms with Gasteiger partial charge in [0.2, 0.25) is 12.1 Å². The molecular formula is C17H18O4. The zero-order valence-corrected chi connectivity index (χ0v) is 12.1. The third-order valence-corrected chi connectivity index (χ3v) is 3.03. The molecule has 0 aromatic heterocycles. The van der Waals surface area contributed by atoms with E-state index in [0.717, 1.165) is 5.56 Å². The molecule has 21 heavy (non-hydrogen) atoms. The van der Waals surface area contributed by atoms with Crippen LogP contribution < -0.4 is 4.74 Å². The fraction of sp³-hybridized carbons (Fsp3) is 0.235. The molecule has 110 valence electrons. The molecule has 0 saturated carbocycles. The Bertz CT molecular complexity index is 576. The van der Waals surface area contributed by atoms with Crippen molar-refractivity contribution in [3.05, 3.63) is 65.7 Å². The molecule has 2 aromatic rings. The lowest BCUT2D eigenvalue weighted by atomic mass is 10.1. The highest BCUT2D eigenvalue weighted by molar-refractivity contribution is 6.01. The van der Waals surface area contributed by atoms with Gasteiger partial charge >= 0.3 is 0 Å². The maximum absolute atomic E-state index is 12.3. The molecule has 0 aliphatic heterocycles. The number of ketones is 1. The average molecular weight is 286 g/mol. The Kier molecular flexibility index (Phi) is 5.49. The summed E-state index contributed by atoms with van der Waals surface area (Å²) in [5.74, 6) is 0.258. The maximum Gasteiger partial charge on any atom is 0.222 e. The van der Waals surface area contributed by atoms with Gasteiger partial charge < -0.3 is 14.2 Å². The number of carbonyl (C=O) groups is 1. The van der Waals surface area contributed by atoms with Gasteiger partial charge in [0.1, 0.15) is 12.4 Å². The van der Waals surface area contributed by atoms with Gasteiger partial charge in [-0.2, -0.15) is 0 Å². The number of para-hydroxylation sites is 1. The van der Waals surface area contributed by atoms with E-state index in [0.29, 0.717) is 17.9 Å². The normalized spacial score (nSPS) is 10.6. The fourth-order valence-corrected chi connectivity index (χ4v) is 1.97. The molecule has 0 bridgehead atoms. The Hall–Kier alpha value is -2.17. The van der Waals surface area contributed by atoms with Crippen LogP contribution >= 0.6 is 0 Å². The summed E-state index contributed by atoms with van der Waals surface area (Å²) in [4.78, 5) is 12.3. The summed E-state index contributed by atoms with van der Waals surface area (Å²) >= 11 is 0. The first kappa shape index (κ1) is 15.2. The monoisotopic (exact) mass is 286 g/mol. The summed E-state index contributed by atoms with van der Waals surface area (Å²) in [7, 11) is 2.86. The number of carbonyl (C=O) groups excluding carboxylic acids is 1. The van der Waals surface area contributed by atoms with E-state index in [1.807, 2.05) is 36.4 Å². The third-order valence-electron chi connectivity index (χ3n) is 3.03. The van der Waals surface area contributed by atoms with E-state index < -0.39 is 6.29 Å². The number of hydrogen-bond donors (Lipinski definition) is 0. The van der Waals surface area contributed by atoms with Crippen LogP contribution in [0, 0.1) is 0 Å². The van der Waals surface area contributed by atoms with Crippen molar-refractivity contribution in [2.24, 2.45) is 0 Å². The van der Waals surface area contributed by atoms with Crippen LogP contribution in [0.3, 0.4) is 0 Å². The van der Waals surface area contributed by atoms with Gasteiger partial charge in [0, 0.05) is 14.2 Å². The van der Waals surface area contributed by atoms with E-state index in [9.17, 15) is 4.79 Å². The first-order valence-electron chi connectivity index (χ1n) is 6.62. The largest absolute Gasteiger partial charge is 0.488 e. The Morgan fingerprint density at radius 1 is 0.952 bits per heavy atom. The summed E-state index contributed by atoms with van der Waals surface area (Å²) in [6, 6.07) is 16.9. The lowest BCUT2D eigenvalue weighted by Crippen LogP contribution is -2.25. The highest BCUT2D eigenvalue weighted by Gasteiger charge is 2.22. The number of rotatable bonds is 7. The predicted molar refractivity (Wildman–Crippen MR) is 79.4 cm³/mol.